The molecule has 0 heterocycles. The van der Waals surface area contributed by atoms with Crippen LogP contribution in [0.1, 0.15) is 48.3 Å². The molecule has 1 aromatic rings. The molecule has 1 aromatic carbocycles. The molecule has 2 aliphatic rings. The third-order valence-corrected chi connectivity index (χ3v) is 4.56. The van der Waals surface area contributed by atoms with Crippen LogP contribution in [-0.2, 0) is 0 Å². The predicted octanol–water partition coefficient (Wildman–Crippen LogP) is 4.21. The van der Waals surface area contributed by atoms with Crippen molar-refractivity contribution in [3.8, 4) is 0 Å². The Hall–Kier alpha value is -0.780. The van der Waals surface area contributed by atoms with Crippen molar-refractivity contribution in [2.24, 2.45) is 11.8 Å². The van der Waals surface area contributed by atoms with Gasteiger partial charge in [-0.1, -0.05) is 30.2 Å². The first kappa shape index (κ1) is 9.45. The summed E-state index contributed by atoms with van der Waals surface area (Å²) in [6.07, 6.45) is 5.97. The van der Waals surface area contributed by atoms with Crippen molar-refractivity contribution >= 4 is 0 Å². The topological polar surface area (TPSA) is 0 Å². The Balaban J connectivity index is 1.93. The van der Waals surface area contributed by atoms with Crippen LogP contribution in [0.3, 0.4) is 0 Å². The van der Waals surface area contributed by atoms with Crippen molar-refractivity contribution in [2.75, 3.05) is 0 Å². The van der Waals surface area contributed by atoms with E-state index in [9.17, 15) is 0 Å². The van der Waals surface area contributed by atoms with E-state index in [1.165, 1.54) is 36.8 Å². The molecule has 0 aromatic heterocycles. The fourth-order valence-electron chi connectivity index (χ4n) is 3.87. The number of fused-ring (bicyclic) bond motifs is 2. The lowest BCUT2D eigenvalue weighted by atomic mass is 9.81. The van der Waals surface area contributed by atoms with E-state index in [2.05, 4.69) is 32.0 Å². The zero-order valence-electron chi connectivity index (χ0n) is 9.79. The van der Waals surface area contributed by atoms with Crippen LogP contribution in [0.4, 0.5) is 0 Å². The third-order valence-electron chi connectivity index (χ3n) is 4.56. The second-order valence-corrected chi connectivity index (χ2v) is 5.64. The molecule has 0 saturated heterocycles. The lowest BCUT2D eigenvalue weighted by molar-refractivity contribution is 0.419. The third kappa shape index (κ3) is 1.51. The van der Waals surface area contributed by atoms with E-state index in [1.807, 2.05) is 0 Å². The highest BCUT2D eigenvalue weighted by molar-refractivity contribution is 5.34. The maximum Gasteiger partial charge on any atom is -0.0128 e. The Labute approximate surface area is 92.7 Å². The Morgan fingerprint density at radius 3 is 2.53 bits per heavy atom. The summed E-state index contributed by atoms with van der Waals surface area (Å²) in [4.78, 5) is 0. The van der Waals surface area contributed by atoms with E-state index in [0.29, 0.717) is 0 Å². The van der Waals surface area contributed by atoms with Crippen LogP contribution in [0.5, 0.6) is 0 Å². The second-order valence-electron chi connectivity index (χ2n) is 5.64. The summed E-state index contributed by atoms with van der Waals surface area (Å²) in [5, 5.41) is 0. The molecule has 0 N–H and O–H groups in total. The van der Waals surface area contributed by atoms with Gasteiger partial charge >= 0.3 is 0 Å². The number of benzene rings is 1. The van der Waals surface area contributed by atoms with Crippen LogP contribution in [0, 0.1) is 25.7 Å². The van der Waals surface area contributed by atoms with Gasteiger partial charge in [0, 0.05) is 0 Å². The highest BCUT2D eigenvalue weighted by Gasteiger charge is 2.40. The van der Waals surface area contributed by atoms with Crippen LogP contribution in [0.15, 0.2) is 18.2 Å². The molecule has 3 rings (SSSR count). The van der Waals surface area contributed by atoms with Gasteiger partial charge in [0.05, 0.1) is 0 Å². The molecular weight excluding hydrogens is 180 g/mol. The summed E-state index contributed by atoms with van der Waals surface area (Å²) in [7, 11) is 0. The minimum atomic E-state index is 0.893. The highest BCUT2D eigenvalue weighted by atomic mass is 14.4. The van der Waals surface area contributed by atoms with Crippen molar-refractivity contribution in [1.29, 1.82) is 0 Å². The fourth-order valence-corrected chi connectivity index (χ4v) is 3.87. The monoisotopic (exact) mass is 200 g/mol. The summed E-state index contributed by atoms with van der Waals surface area (Å²) in [5.74, 6) is 2.96. The quantitative estimate of drug-likeness (QED) is 0.637. The van der Waals surface area contributed by atoms with Crippen LogP contribution in [0.2, 0.25) is 0 Å². The lowest BCUT2D eigenvalue weighted by Crippen LogP contribution is -2.09. The molecule has 2 aliphatic carbocycles. The first-order chi connectivity index (χ1) is 7.24. The normalized spacial score (nSPS) is 33.6. The van der Waals surface area contributed by atoms with Gasteiger partial charge in [0.15, 0.2) is 0 Å². The molecule has 2 fully saturated rings. The van der Waals surface area contributed by atoms with Gasteiger partial charge < -0.3 is 0 Å². The van der Waals surface area contributed by atoms with Gasteiger partial charge in [-0.15, -0.1) is 0 Å². The number of hydrogen-bond donors (Lipinski definition) is 0. The zero-order valence-corrected chi connectivity index (χ0v) is 9.79. The smallest absolute Gasteiger partial charge is 0.0128 e. The van der Waals surface area contributed by atoms with Crippen LogP contribution >= 0.6 is 0 Å². The van der Waals surface area contributed by atoms with E-state index in [-0.39, 0.29) is 0 Å². The molecule has 0 aliphatic heterocycles. The first-order valence-electron chi connectivity index (χ1n) is 6.31. The van der Waals surface area contributed by atoms with Crippen molar-refractivity contribution in [3.63, 3.8) is 0 Å². The van der Waals surface area contributed by atoms with Gasteiger partial charge in [-0.25, -0.2) is 0 Å². The van der Waals surface area contributed by atoms with Gasteiger partial charge in [0.2, 0.25) is 0 Å². The van der Waals surface area contributed by atoms with E-state index >= 15 is 0 Å². The van der Waals surface area contributed by atoms with Crippen LogP contribution in [0.25, 0.3) is 0 Å². The minimum Gasteiger partial charge on any atom is -0.0590 e. The minimum absolute atomic E-state index is 0.893. The molecule has 2 saturated carbocycles. The fraction of sp³-hybridized carbons (Fsp3) is 0.600. The van der Waals surface area contributed by atoms with E-state index in [4.69, 9.17) is 0 Å². The van der Waals surface area contributed by atoms with E-state index < -0.39 is 0 Å². The van der Waals surface area contributed by atoms with Gasteiger partial charge in [0.1, 0.15) is 0 Å². The van der Waals surface area contributed by atoms with Crippen molar-refractivity contribution in [3.05, 3.63) is 34.9 Å². The van der Waals surface area contributed by atoms with Crippen molar-refractivity contribution in [2.45, 2.75) is 45.4 Å². The van der Waals surface area contributed by atoms with Crippen molar-refractivity contribution in [1.82, 2.24) is 0 Å². The standard InChI is InChI=1S/C15H20/c1-10-3-6-14(11(2)7-10)15-9-12-4-5-13(15)8-12/h3,6-7,12-13,15H,4-5,8-9H2,1-2H3/t12-,13+,15+/m1/s1. The van der Waals surface area contributed by atoms with Gasteiger partial charge in [-0.2, -0.15) is 0 Å². The summed E-state index contributed by atoms with van der Waals surface area (Å²) >= 11 is 0. The maximum absolute atomic E-state index is 2.38. The molecule has 2 bridgehead atoms. The molecule has 15 heavy (non-hydrogen) atoms. The highest BCUT2D eigenvalue weighted by Crippen LogP contribution is 2.53. The summed E-state index contributed by atoms with van der Waals surface area (Å²) < 4.78 is 0. The second kappa shape index (κ2) is 3.37. The molecule has 3 atom stereocenters. The van der Waals surface area contributed by atoms with Crippen molar-refractivity contribution < 1.29 is 0 Å². The molecule has 0 nitrogen and oxygen atoms in total. The number of aryl methyl sites for hydroxylation is 2. The number of rotatable bonds is 1. The molecule has 0 spiro atoms. The lowest BCUT2D eigenvalue weighted by Gasteiger charge is -2.23. The van der Waals surface area contributed by atoms with E-state index in [0.717, 1.165) is 17.8 Å². The van der Waals surface area contributed by atoms with E-state index in [1.54, 1.807) is 5.56 Å². The Morgan fingerprint density at radius 2 is 1.93 bits per heavy atom. The Bertz CT molecular complexity index is 378. The number of hydrogen-bond acceptors (Lipinski definition) is 0. The zero-order chi connectivity index (χ0) is 10.4. The molecular formula is C15H20. The molecule has 0 amide bonds. The van der Waals surface area contributed by atoms with Gasteiger partial charge in [-0.3, -0.25) is 0 Å². The average molecular weight is 200 g/mol. The van der Waals surface area contributed by atoms with Gasteiger partial charge in [-0.05, 0) is 62.0 Å². The Kier molecular flexibility index (Phi) is 2.12. The first-order valence-corrected chi connectivity index (χ1v) is 6.31. The largest absolute Gasteiger partial charge is 0.0590 e. The maximum atomic E-state index is 2.38. The molecule has 80 valence electrons. The van der Waals surface area contributed by atoms with Crippen LogP contribution < -0.4 is 0 Å². The average Bonchev–Trinajstić information content (AvgIpc) is 2.78. The Morgan fingerprint density at radius 1 is 1.07 bits per heavy atom. The predicted molar refractivity (Wildman–Crippen MR) is 64.1 cm³/mol. The molecule has 0 heteroatoms. The summed E-state index contributed by atoms with van der Waals surface area (Å²) in [6.45, 7) is 4.48. The van der Waals surface area contributed by atoms with Crippen LogP contribution in [-0.4, -0.2) is 0 Å². The molecule has 0 radical (unpaired) electrons. The summed E-state index contributed by atoms with van der Waals surface area (Å²) in [6, 6.07) is 7.02. The molecule has 0 unspecified atom stereocenters. The van der Waals surface area contributed by atoms with Gasteiger partial charge in [0.25, 0.3) is 0 Å². The SMILES string of the molecule is Cc1ccc([C@H]2C[C@@H]3CC[C@H]2C3)c(C)c1. The summed E-state index contributed by atoms with van der Waals surface area (Å²) in [5.41, 5.74) is 4.57.